The SMILES string of the molecule is CC.CC(C)(C)c1ccc(/C=C/C(=O)Nc2cccc3cccnc23)cc1. The zero-order chi connectivity index (χ0) is 19.9. The van der Waals surface area contributed by atoms with Crippen LogP contribution in [0.1, 0.15) is 45.7 Å². The van der Waals surface area contributed by atoms with Crippen molar-refractivity contribution in [3.8, 4) is 0 Å². The van der Waals surface area contributed by atoms with Crippen LogP contribution in [0.3, 0.4) is 0 Å². The molecule has 0 unspecified atom stereocenters. The molecule has 0 saturated carbocycles. The Kier molecular flexibility index (Phi) is 6.89. The molecular formula is C24H28N2O. The monoisotopic (exact) mass is 360 g/mol. The maximum absolute atomic E-state index is 12.2. The van der Waals surface area contributed by atoms with Gasteiger partial charge in [0, 0.05) is 17.7 Å². The van der Waals surface area contributed by atoms with E-state index in [0.717, 1.165) is 22.2 Å². The molecular weight excluding hydrogens is 332 g/mol. The number of pyridine rings is 1. The van der Waals surface area contributed by atoms with E-state index in [1.807, 2.05) is 62.4 Å². The lowest BCUT2D eigenvalue weighted by Crippen LogP contribution is -2.10. The fourth-order valence-corrected chi connectivity index (χ4v) is 2.65. The Morgan fingerprint density at radius 2 is 1.63 bits per heavy atom. The first-order chi connectivity index (χ1) is 12.9. The van der Waals surface area contributed by atoms with Crippen molar-refractivity contribution in [2.75, 3.05) is 5.32 Å². The average molecular weight is 361 g/mol. The molecule has 140 valence electrons. The number of fused-ring (bicyclic) bond motifs is 1. The van der Waals surface area contributed by atoms with Gasteiger partial charge in [-0.3, -0.25) is 9.78 Å². The number of hydrogen-bond donors (Lipinski definition) is 1. The lowest BCUT2D eigenvalue weighted by Gasteiger charge is -2.18. The van der Waals surface area contributed by atoms with Crippen LogP contribution in [0.25, 0.3) is 17.0 Å². The summed E-state index contributed by atoms with van der Waals surface area (Å²) in [6.07, 6.45) is 5.10. The van der Waals surface area contributed by atoms with Gasteiger partial charge in [0.2, 0.25) is 5.91 Å². The summed E-state index contributed by atoms with van der Waals surface area (Å²) in [5.41, 5.74) is 3.91. The topological polar surface area (TPSA) is 42.0 Å². The van der Waals surface area contributed by atoms with Gasteiger partial charge in [-0.2, -0.15) is 0 Å². The molecule has 0 aliphatic rings. The first-order valence-corrected chi connectivity index (χ1v) is 9.37. The van der Waals surface area contributed by atoms with E-state index in [0.29, 0.717) is 0 Å². The molecule has 1 amide bonds. The molecule has 0 aliphatic carbocycles. The molecule has 2 aromatic carbocycles. The third-order valence-electron chi connectivity index (χ3n) is 4.09. The van der Waals surface area contributed by atoms with Crippen molar-refractivity contribution in [2.45, 2.75) is 40.0 Å². The summed E-state index contributed by atoms with van der Waals surface area (Å²) in [5, 5.41) is 3.90. The molecule has 0 bridgehead atoms. The third kappa shape index (κ3) is 5.52. The minimum atomic E-state index is -0.168. The number of benzene rings is 2. The van der Waals surface area contributed by atoms with Crippen LogP contribution in [-0.4, -0.2) is 10.9 Å². The quantitative estimate of drug-likeness (QED) is 0.564. The summed E-state index contributed by atoms with van der Waals surface area (Å²) in [6.45, 7) is 10.6. The number of nitrogens with zero attached hydrogens (tertiary/aromatic N) is 1. The van der Waals surface area contributed by atoms with Crippen LogP contribution in [0.4, 0.5) is 5.69 Å². The standard InChI is InChI=1S/C22H22N2O.C2H6/c1-22(2,3)18-12-9-16(10-13-18)11-14-20(25)24-19-8-4-6-17-7-5-15-23-21(17)19;1-2/h4-15H,1-3H3,(H,24,25);1-2H3/b14-11+;. The van der Waals surface area contributed by atoms with Gasteiger partial charge < -0.3 is 5.32 Å². The smallest absolute Gasteiger partial charge is 0.248 e. The predicted molar refractivity (Wildman–Crippen MR) is 116 cm³/mol. The number of amides is 1. The van der Waals surface area contributed by atoms with Gasteiger partial charge in [-0.15, -0.1) is 0 Å². The molecule has 1 aromatic heterocycles. The van der Waals surface area contributed by atoms with Gasteiger partial charge in [0.15, 0.2) is 0 Å². The van der Waals surface area contributed by atoms with E-state index in [4.69, 9.17) is 0 Å². The second-order valence-corrected chi connectivity index (χ2v) is 7.08. The molecule has 3 aromatic rings. The number of aromatic nitrogens is 1. The molecule has 0 saturated heterocycles. The third-order valence-corrected chi connectivity index (χ3v) is 4.09. The van der Waals surface area contributed by atoms with Gasteiger partial charge in [-0.05, 0) is 34.8 Å². The molecule has 27 heavy (non-hydrogen) atoms. The van der Waals surface area contributed by atoms with Crippen LogP contribution < -0.4 is 5.32 Å². The van der Waals surface area contributed by atoms with E-state index >= 15 is 0 Å². The largest absolute Gasteiger partial charge is 0.321 e. The van der Waals surface area contributed by atoms with Gasteiger partial charge in [0.1, 0.15) is 0 Å². The number of para-hydroxylation sites is 1. The lowest BCUT2D eigenvalue weighted by molar-refractivity contribution is -0.111. The number of hydrogen-bond acceptors (Lipinski definition) is 2. The Hall–Kier alpha value is -2.94. The van der Waals surface area contributed by atoms with E-state index < -0.39 is 0 Å². The lowest BCUT2D eigenvalue weighted by atomic mass is 9.87. The van der Waals surface area contributed by atoms with Gasteiger partial charge in [0.25, 0.3) is 0 Å². The first-order valence-electron chi connectivity index (χ1n) is 9.37. The van der Waals surface area contributed by atoms with Gasteiger partial charge in [-0.25, -0.2) is 0 Å². The molecule has 0 aliphatic heterocycles. The van der Waals surface area contributed by atoms with Crippen molar-refractivity contribution >= 4 is 28.6 Å². The molecule has 3 nitrogen and oxygen atoms in total. The van der Waals surface area contributed by atoms with Gasteiger partial charge in [0.05, 0.1) is 11.2 Å². The highest BCUT2D eigenvalue weighted by molar-refractivity contribution is 6.06. The highest BCUT2D eigenvalue weighted by Gasteiger charge is 2.12. The summed E-state index contributed by atoms with van der Waals surface area (Å²) in [7, 11) is 0. The second kappa shape index (κ2) is 9.13. The fourth-order valence-electron chi connectivity index (χ4n) is 2.65. The normalized spacial score (nSPS) is 11.1. The van der Waals surface area contributed by atoms with Crippen molar-refractivity contribution in [3.63, 3.8) is 0 Å². The van der Waals surface area contributed by atoms with Crippen molar-refractivity contribution in [1.29, 1.82) is 0 Å². The zero-order valence-electron chi connectivity index (χ0n) is 16.8. The minimum absolute atomic E-state index is 0.126. The maximum Gasteiger partial charge on any atom is 0.248 e. The van der Waals surface area contributed by atoms with Gasteiger partial charge in [-0.1, -0.05) is 77.1 Å². The van der Waals surface area contributed by atoms with Crippen molar-refractivity contribution < 1.29 is 4.79 Å². The number of carbonyl (C=O) groups excluding carboxylic acids is 1. The summed E-state index contributed by atoms with van der Waals surface area (Å²) in [5.74, 6) is -0.168. The van der Waals surface area contributed by atoms with E-state index in [2.05, 4.69) is 43.2 Å². The maximum atomic E-state index is 12.2. The van der Waals surface area contributed by atoms with Crippen molar-refractivity contribution in [3.05, 3.63) is 78.0 Å². The number of nitrogens with one attached hydrogen (secondary N) is 1. The average Bonchev–Trinajstić information content (AvgIpc) is 2.68. The molecule has 0 radical (unpaired) electrons. The van der Waals surface area contributed by atoms with Crippen molar-refractivity contribution in [1.82, 2.24) is 4.98 Å². The van der Waals surface area contributed by atoms with E-state index in [1.54, 1.807) is 12.3 Å². The Bertz CT molecular complexity index is 914. The van der Waals surface area contributed by atoms with Crippen molar-refractivity contribution in [2.24, 2.45) is 0 Å². The van der Waals surface area contributed by atoms with Crippen LogP contribution in [0, 0.1) is 0 Å². The van der Waals surface area contributed by atoms with Crippen LogP contribution in [-0.2, 0) is 10.2 Å². The molecule has 0 spiro atoms. The van der Waals surface area contributed by atoms with E-state index in [9.17, 15) is 4.79 Å². The molecule has 1 heterocycles. The van der Waals surface area contributed by atoms with Crippen LogP contribution in [0.2, 0.25) is 0 Å². The Morgan fingerprint density at radius 3 is 2.30 bits per heavy atom. The summed E-state index contributed by atoms with van der Waals surface area (Å²) >= 11 is 0. The highest BCUT2D eigenvalue weighted by atomic mass is 16.1. The predicted octanol–water partition coefficient (Wildman–Crippen LogP) is 6.21. The Morgan fingerprint density at radius 1 is 0.963 bits per heavy atom. The second-order valence-electron chi connectivity index (χ2n) is 7.08. The van der Waals surface area contributed by atoms with Crippen LogP contribution >= 0.6 is 0 Å². The number of anilines is 1. The summed E-state index contributed by atoms with van der Waals surface area (Å²) in [6, 6.07) is 17.9. The number of carbonyl (C=O) groups is 1. The number of rotatable bonds is 3. The Labute approximate surface area is 162 Å². The zero-order valence-corrected chi connectivity index (χ0v) is 16.8. The molecule has 0 fully saturated rings. The first kappa shape index (κ1) is 20.4. The van der Waals surface area contributed by atoms with E-state index in [1.165, 1.54) is 5.56 Å². The van der Waals surface area contributed by atoms with Gasteiger partial charge >= 0.3 is 0 Å². The van der Waals surface area contributed by atoms with Crippen LogP contribution in [0.15, 0.2) is 66.9 Å². The Balaban J connectivity index is 0.00000126. The van der Waals surface area contributed by atoms with Crippen LogP contribution in [0.5, 0.6) is 0 Å². The molecule has 1 N–H and O–H groups in total. The summed E-state index contributed by atoms with van der Waals surface area (Å²) < 4.78 is 0. The minimum Gasteiger partial charge on any atom is -0.321 e. The highest BCUT2D eigenvalue weighted by Crippen LogP contribution is 2.23. The molecule has 3 heteroatoms. The summed E-state index contributed by atoms with van der Waals surface area (Å²) in [4.78, 5) is 16.6. The fraction of sp³-hybridized carbons (Fsp3) is 0.250. The molecule has 0 atom stereocenters. The van der Waals surface area contributed by atoms with E-state index in [-0.39, 0.29) is 11.3 Å². The molecule has 3 rings (SSSR count).